The SMILES string of the molecule is CCc1nc(-c2ccc(C)c(Br)c2)nc(NC)c1C. The molecule has 100 valence electrons. The van der Waals surface area contributed by atoms with E-state index in [-0.39, 0.29) is 0 Å². The van der Waals surface area contributed by atoms with E-state index < -0.39 is 0 Å². The molecule has 0 bridgehead atoms. The second-order valence-electron chi connectivity index (χ2n) is 4.54. The fraction of sp³-hybridized carbons (Fsp3) is 0.333. The molecule has 0 atom stereocenters. The Kier molecular flexibility index (Phi) is 4.20. The van der Waals surface area contributed by atoms with E-state index in [0.717, 1.165) is 39.4 Å². The van der Waals surface area contributed by atoms with Crippen molar-refractivity contribution >= 4 is 21.7 Å². The number of aromatic nitrogens is 2. The maximum absolute atomic E-state index is 4.67. The maximum atomic E-state index is 4.67. The summed E-state index contributed by atoms with van der Waals surface area (Å²) in [5.41, 5.74) is 4.45. The van der Waals surface area contributed by atoms with Crippen molar-refractivity contribution in [1.82, 2.24) is 9.97 Å². The van der Waals surface area contributed by atoms with Crippen LogP contribution in [-0.2, 0) is 6.42 Å². The highest BCUT2D eigenvalue weighted by atomic mass is 79.9. The van der Waals surface area contributed by atoms with Crippen LogP contribution < -0.4 is 5.32 Å². The monoisotopic (exact) mass is 319 g/mol. The van der Waals surface area contributed by atoms with Gasteiger partial charge in [-0.1, -0.05) is 35.0 Å². The summed E-state index contributed by atoms with van der Waals surface area (Å²) in [5, 5.41) is 3.14. The third-order valence-corrected chi connectivity index (χ3v) is 4.10. The molecule has 4 heteroatoms. The van der Waals surface area contributed by atoms with Crippen molar-refractivity contribution in [2.45, 2.75) is 27.2 Å². The average Bonchev–Trinajstić information content (AvgIpc) is 2.42. The Morgan fingerprint density at radius 2 is 1.95 bits per heavy atom. The summed E-state index contributed by atoms with van der Waals surface area (Å²) in [7, 11) is 1.89. The van der Waals surface area contributed by atoms with Gasteiger partial charge in [0.05, 0.1) is 0 Å². The van der Waals surface area contributed by atoms with Gasteiger partial charge in [0.1, 0.15) is 5.82 Å². The minimum absolute atomic E-state index is 0.771. The highest BCUT2D eigenvalue weighted by Crippen LogP contribution is 2.26. The third-order valence-electron chi connectivity index (χ3n) is 3.25. The van der Waals surface area contributed by atoms with Crippen molar-refractivity contribution in [3.63, 3.8) is 0 Å². The number of nitrogens with zero attached hydrogens (tertiary/aromatic N) is 2. The van der Waals surface area contributed by atoms with Crippen molar-refractivity contribution in [3.05, 3.63) is 39.5 Å². The Morgan fingerprint density at radius 1 is 1.21 bits per heavy atom. The van der Waals surface area contributed by atoms with Gasteiger partial charge < -0.3 is 5.32 Å². The van der Waals surface area contributed by atoms with Gasteiger partial charge >= 0.3 is 0 Å². The largest absolute Gasteiger partial charge is 0.373 e. The maximum Gasteiger partial charge on any atom is 0.161 e. The van der Waals surface area contributed by atoms with Crippen LogP contribution in [0.2, 0.25) is 0 Å². The molecule has 1 N–H and O–H groups in total. The zero-order chi connectivity index (χ0) is 14.0. The lowest BCUT2D eigenvalue weighted by Gasteiger charge is -2.11. The predicted octanol–water partition coefficient (Wildman–Crippen LogP) is 4.13. The number of anilines is 1. The Bertz CT molecular complexity index is 583. The molecule has 1 aromatic carbocycles. The zero-order valence-electron chi connectivity index (χ0n) is 11.7. The first-order chi connectivity index (χ1) is 9.06. The molecule has 0 saturated heterocycles. The number of benzene rings is 1. The molecule has 19 heavy (non-hydrogen) atoms. The molecule has 0 aliphatic carbocycles. The molecule has 0 fully saturated rings. The Morgan fingerprint density at radius 3 is 2.53 bits per heavy atom. The summed E-state index contributed by atoms with van der Waals surface area (Å²) < 4.78 is 1.08. The van der Waals surface area contributed by atoms with Gasteiger partial charge in [0, 0.05) is 28.3 Å². The molecule has 2 aromatic rings. The van der Waals surface area contributed by atoms with Crippen molar-refractivity contribution < 1.29 is 0 Å². The van der Waals surface area contributed by atoms with Gasteiger partial charge in [0.25, 0.3) is 0 Å². The molecule has 3 nitrogen and oxygen atoms in total. The molecular weight excluding hydrogens is 302 g/mol. The summed E-state index contributed by atoms with van der Waals surface area (Å²) in [6.07, 6.45) is 0.906. The van der Waals surface area contributed by atoms with Crippen LogP contribution in [0.3, 0.4) is 0 Å². The van der Waals surface area contributed by atoms with E-state index in [4.69, 9.17) is 0 Å². The van der Waals surface area contributed by atoms with E-state index in [1.54, 1.807) is 0 Å². The van der Waals surface area contributed by atoms with E-state index in [9.17, 15) is 0 Å². The predicted molar refractivity (Wildman–Crippen MR) is 83.6 cm³/mol. The van der Waals surface area contributed by atoms with Gasteiger partial charge in [0.15, 0.2) is 5.82 Å². The van der Waals surface area contributed by atoms with E-state index in [1.807, 2.05) is 7.05 Å². The lowest BCUT2D eigenvalue weighted by Crippen LogP contribution is -2.04. The number of hydrogen-bond acceptors (Lipinski definition) is 3. The van der Waals surface area contributed by atoms with Gasteiger partial charge in [0.2, 0.25) is 0 Å². The zero-order valence-corrected chi connectivity index (χ0v) is 13.3. The second-order valence-corrected chi connectivity index (χ2v) is 5.39. The van der Waals surface area contributed by atoms with Gasteiger partial charge in [-0.25, -0.2) is 9.97 Å². The summed E-state index contributed by atoms with van der Waals surface area (Å²) in [6.45, 7) is 6.24. The number of rotatable bonds is 3. The Hall–Kier alpha value is -1.42. The fourth-order valence-corrected chi connectivity index (χ4v) is 2.39. The van der Waals surface area contributed by atoms with Gasteiger partial charge in [-0.05, 0) is 31.9 Å². The average molecular weight is 320 g/mol. The Balaban J connectivity index is 2.58. The van der Waals surface area contributed by atoms with Crippen LogP contribution in [0.4, 0.5) is 5.82 Å². The van der Waals surface area contributed by atoms with E-state index in [0.29, 0.717) is 0 Å². The quantitative estimate of drug-likeness (QED) is 0.924. The van der Waals surface area contributed by atoms with Crippen molar-refractivity contribution in [3.8, 4) is 11.4 Å². The standard InChI is InChI=1S/C15H18BrN3/c1-5-13-10(3)14(17-4)19-15(18-13)11-7-6-9(2)12(16)8-11/h6-8H,5H2,1-4H3,(H,17,18,19). The van der Waals surface area contributed by atoms with Crippen LogP contribution in [0.5, 0.6) is 0 Å². The first kappa shape index (κ1) is 14.0. The first-order valence-corrected chi connectivity index (χ1v) is 7.18. The lowest BCUT2D eigenvalue weighted by atomic mass is 10.1. The molecule has 0 aliphatic rings. The van der Waals surface area contributed by atoms with Crippen molar-refractivity contribution in [1.29, 1.82) is 0 Å². The fourth-order valence-electron chi connectivity index (χ4n) is 2.01. The topological polar surface area (TPSA) is 37.8 Å². The van der Waals surface area contributed by atoms with E-state index in [1.165, 1.54) is 5.56 Å². The summed E-state index contributed by atoms with van der Waals surface area (Å²) in [4.78, 5) is 9.27. The number of halogens is 1. The van der Waals surface area contributed by atoms with Crippen LogP contribution in [0.15, 0.2) is 22.7 Å². The minimum Gasteiger partial charge on any atom is -0.373 e. The molecule has 2 rings (SSSR count). The number of nitrogens with one attached hydrogen (secondary N) is 1. The van der Waals surface area contributed by atoms with Gasteiger partial charge in [-0.3, -0.25) is 0 Å². The smallest absolute Gasteiger partial charge is 0.161 e. The summed E-state index contributed by atoms with van der Waals surface area (Å²) in [5.74, 6) is 1.67. The summed E-state index contributed by atoms with van der Waals surface area (Å²) >= 11 is 3.56. The number of hydrogen-bond donors (Lipinski definition) is 1. The van der Waals surface area contributed by atoms with Crippen molar-refractivity contribution in [2.24, 2.45) is 0 Å². The molecule has 0 spiro atoms. The van der Waals surface area contributed by atoms with Crippen LogP contribution in [-0.4, -0.2) is 17.0 Å². The number of aryl methyl sites for hydroxylation is 2. The van der Waals surface area contributed by atoms with Gasteiger partial charge in [-0.15, -0.1) is 0 Å². The molecule has 0 unspecified atom stereocenters. The van der Waals surface area contributed by atoms with Crippen LogP contribution in [0, 0.1) is 13.8 Å². The molecule has 1 aromatic heterocycles. The van der Waals surface area contributed by atoms with E-state index in [2.05, 4.69) is 70.2 Å². The molecule has 1 heterocycles. The van der Waals surface area contributed by atoms with Crippen molar-refractivity contribution in [2.75, 3.05) is 12.4 Å². The normalized spacial score (nSPS) is 10.6. The second kappa shape index (κ2) is 5.70. The minimum atomic E-state index is 0.771. The Labute approximate surface area is 122 Å². The first-order valence-electron chi connectivity index (χ1n) is 6.38. The van der Waals surface area contributed by atoms with Crippen LogP contribution >= 0.6 is 15.9 Å². The molecular formula is C15H18BrN3. The highest BCUT2D eigenvalue weighted by molar-refractivity contribution is 9.10. The van der Waals surface area contributed by atoms with E-state index >= 15 is 0 Å². The molecule has 0 aliphatic heterocycles. The van der Waals surface area contributed by atoms with Crippen LogP contribution in [0.1, 0.15) is 23.7 Å². The lowest BCUT2D eigenvalue weighted by molar-refractivity contribution is 0.977. The molecule has 0 saturated carbocycles. The molecule has 0 amide bonds. The third kappa shape index (κ3) is 2.78. The van der Waals surface area contributed by atoms with Gasteiger partial charge in [-0.2, -0.15) is 0 Å². The highest BCUT2D eigenvalue weighted by Gasteiger charge is 2.10. The van der Waals surface area contributed by atoms with Crippen LogP contribution in [0.25, 0.3) is 11.4 Å². The molecule has 0 radical (unpaired) electrons. The summed E-state index contributed by atoms with van der Waals surface area (Å²) in [6, 6.07) is 6.20.